The van der Waals surface area contributed by atoms with Crippen LogP contribution in [0.15, 0.2) is 11.1 Å². The highest BCUT2D eigenvalue weighted by Crippen LogP contribution is 2.29. The number of alkyl halides is 3. The Labute approximate surface area is 102 Å². The molecular formula is C10H14F3N3S. The molecule has 1 aromatic heterocycles. The molecule has 0 radical (unpaired) electrons. The number of nitrogens with zero attached hydrogens (tertiary/aromatic N) is 2. The predicted molar refractivity (Wildman–Crippen MR) is 61.6 cm³/mol. The summed E-state index contributed by atoms with van der Waals surface area (Å²) in [6, 6.07) is 1.36. The molecule has 0 fully saturated rings. The summed E-state index contributed by atoms with van der Waals surface area (Å²) >= 11 is 1.27. The van der Waals surface area contributed by atoms with Crippen LogP contribution < -0.4 is 5.73 Å². The molecule has 2 N–H and O–H groups in total. The number of nitrogen functional groups attached to an aromatic ring is 1. The summed E-state index contributed by atoms with van der Waals surface area (Å²) in [4.78, 5) is 6.64. The van der Waals surface area contributed by atoms with Crippen molar-refractivity contribution in [3.05, 3.63) is 11.9 Å². The quantitative estimate of drug-likeness (QED) is 0.671. The number of nitrogens with two attached hydrogens (primary N) is 1. The van der Waals surface area contributed by atoms with Gasteiger partial charge in [0.25, 0.3) is 0 Å². The number of hydrogen-bond acceptors (Lipinski definition) is 4. The highest BCUT2D eigenvalue weighted by Gasteiger charge is 2.35. The molecule has 0 saturated heterocycles. The number of halogens is 3. The van der Waals surface area contributed by atoms with Gasteiger partial charge in [0.15, 0.2) is 0 Å². The van der Waals surface area contributed by atoms with E-state index in [-0.39, 0.29) is 10.8 Å². The van der Waals surface area contributed by atoms with Gasteiger partial charge in [-0.1, -0.05) is 20.3 Å². The number of hydrogen-bond donors (Lipinski definition) is 1. The molecule has 7 heteroatoms. The summed E-state index contributed by atoms with van der Waals surface area (Å²) in [6.07, 6.45) is -3.58. The van der Waals surface area contributed by atoms with Gasteiger partial charge in [-0.05, 0) is 5.92 Å². The maximum atomic E-state index is 12.4. The zero-order valence-electron chi connectivity index (χ0n) is 9.58. The summed E-state index contributed by atoms with van der Waals surface area (Å²) in [5.41, 5.74) is 5.33. The lowest BCUT2D eigenvalue weighted by Gasteiger charge is -2.10. The molecule has 3 nitrogen and oxygen atoms in total. The van der Waals surface area contributed by atoms with Gasteiger partial charge in [0, 0.05) is 11.8 Å². The molecule has 1 atom stereocenters. The van der Waals surface area contributed by atoms with Crippen LogP contribution in [0.2, 0.25) is 0 Å². The maximum Gasteiger partial charge on any atom is 0.451 e. The Balaban J connectivity index is 2.83. The van der Waals surface area contributed by atoms with Crippen LogP contribution in [0.5, 0.6) is 0 Å². The van der Waals surface area contributed by atoms with Crippen LogP contribution in [0.1, 0.15) is 26.1 Å². The van der Waals surface area contributed by atoms with Crippen LogP contribution in [0, 0.1) is 5.92 Å². The van der Waals surface area contributed by atoms with Crippen molar-refractivity contribution in [3.63, 3.8) is 0 Å². The third-order valence-corrected chi connectivity index (χ3v) is 3.43. The van der Waals surface area contributed by atoms with E-state index in [0.29, 0.717) is 11.7 Å². The molecule has 96 valence electrons. The highest BCUT2D eigenvalue weighted by atomic mass is 32.2. The second-order valence-corrected chi connectivity index (χ2v) is 4.82. The van der Waals surface area contributed by atoms with E-state index in [1.807, 2.05) is 13.8 Å². The standard InChI is InChI=1S/C10H14F3N3S/c1-3-6(2)5-17-8-4-7(14)15-9(16-8)10(11,12)13/h4,6H,3,5H2,1-2H3,(H2,14,15,16). The first-order valence-electron chi connectivity index (χ1n) is 5.17. The van der Waals surface area contributed by atoms with Crippen LogP contribution in [0.4, 0.5) is 19.0 Å². The van der Waals surface area contributed by atoms with Crippen molar-refractivity contribution in [1.29, 1.82) is 0 Å². The fourth-order valence-electron chi connectivity index (χ4n) is 0.989. The lowest BCUT2D eigenvalue weighted by atomic mass is 10.2. The van der Waals surface area contributed by atoms with E-state index < -0.39 is 12.0 Å². The molecular weight excluding hydrogens is 251 g/mol. The molecule has 1 aromatic rings. The van der Waals surface area contributed by atoms with E-state index in [0.717, 1.165) is 6.42 Å². The minimum Gasteiger partial charge on any atom is -0.384 e. The van der Waals surface area contributed by atoms with Gasteiger partial charge in [0.1, 0.15) is 10.8 Å². The number of aromatic nitrogens is 2. The minimum absolute atomic E-state index is 0.154. The van der Waals surface area contributed by atoms with Gasteiger partial charge in [0.05, 0.1) is 0 Å². The third kappa shape index (κ3) is 4.41. The Kier molecular flexibility index (Phi) is 4.62. The van der Waals surface area contributed by atoms with Gasteiger partial charge < -0.3 is 5.73 Å². The normalized spacial score (nSPS) is 13.7. The largest absolute Gasteiger partial charge is 0.451 e. The molecule has 1 rings (SSSR count). The van der Waals surface area contributed by atoms with Gasteiger partial charge in [-0.25, -0.2) is 9.97 Å². The summed E-state index contributed by atoms with van der Waals surface area (Å²) in [5, 5.41) is 0.269. The summed E-state index contributed by atoms with van der Waals surface area (Å²) in [5.74, 6) is -0.196. The molecule has 0 aromatic carbocycles. The molecule has 0 aliphatic heterocycles. The van der Waals surface area contributed by atoms with Crippen LogP contribution in [0.25, 0.3) is 0 Å². The second kappa shape index (κ2) is 5.57. The van der Waals surface area contributed by atoms with Gasteiger partial charge in [-0.15, -0.1) is 11.8 Å². The monoisotopic (exact) mass is 265 g/mol. The summed E-state index contributed by atoms with van der Waals surface area (Å²) in [6.45, 7) is 4.06. The molecule has 1 unspecified atom stereocenters. The Hall–Kier alpha value is -0.980. The SMILES string of the molecule is CCC(C)CSc1cc(N)nc(C(F)(F)F)n1. The molecule has 0 spiro atoms. The number of rotatable bonds is 4. The molecule has 0 amide bonds. The summed E-state index contributed by atoms with van der Waals surface area (Å²) in [7, 11) is 0. The van der Waals surface area contributed by atoms with Crippen molar-refractivity contribution < 1.29 is 13.2 Å². The van der Waals surface area contributed by atoms with Crippen LogP contribution >= 0.6 is 11.8 Å². The van der Waals surface area contributed by atoms with Crippen molar-refractivity contribution in [3.8, 4) is 0 Å². The first-order chi connectivity index (χ1) is 7.82. The van der Waals surface area contributed by atoms with Crippen LogP contribution in [0.3, 0.4) is 0 Å². The predicted octanol–water partition coefficient (Wildman–Crippen LogP) is 3.22. The Morgan fingerprint density at radius 1 is 1.41 bits per heavy atom. The first kappa shape index (κ1) is 14.1. The summed E-state index contributed by atoms with van der Waals surface area (Å²) < 4.78 is 37.3. The van der Waals surface area contributed by atoms with Crippen molar-refractivity contribution in [2.24, 2.45) is 5.92 Å². The second-order valence-electron chi connectivity index (χ2n) is 3.78. The van der Waals surface area contributed by atoms with E-state index in [9.17, 15) is 13.2 Å². The number of anilines is 1. The minimum atomic E-state index is -4.55. The Morgan fingerprint density at radius 2 is 2.06 bits per heavy atom. The van der Waals surface area contributed by atoms with Gasteiger partial charge >= 0.3 is 6.18 Å². The average Bonchev–Trinajstić information content (AvgIpc) is 2.24. The fourth-order valence-corrected chi connectivity index (χ4v) is 2.04. The zero-order valence-corrected chi connectivity index (χ0v) is 10.4. The van der Waals surface area contributed by atoms with Crippen molar-refractivity contribution in [1.82, 2.24) is 9.97 Å². The van der Waals surface area contributed by atoms with Crippen LogP contribution in [-0.4, -0.2) is 15.7 Å². The zero-order chi connectivity index (χ0) is 13.1. The van der Waals surface area contributed by atoms with Gasteiger partial charge in [-0.3, -0.25) is 0 Å². The van der Waals surface area contributed by atoms with Gasteiger partial charge in [0.2, 0.25) is 5.82 Å². The van der Waals surface area contributed by atoms with E-state index in [1.165, 1.54) is 17.8 Å². The molecule has 17 heavy (non-hydrogen) atoms. The average molecular weight is 265 g/mol. The lowest BCUT2D eigenvalue weighted by molar-refractivity contribution is -0.145. The third-order valence-electron chi connectivity index (χ3n) is 2.19. The van der Waals surface area contributed by atoms with Crippen LogP contribution in [-0.2, 0) is 6.18 Å². The van der Waals surface area contributed by atoms with E-state index in [1.54, 1.807) is 0 Å². The van der Waals surface area contributed by atoms with Gasteiger partial charge in [-0.2, -0.15) is 13.2 Å². The smallest absolute Gasteiger partial charge is 0.384 e. The first-order valence-corrected chi connectivity index (χ1v) is 6.16. The van der Waals surface area contributed by atoms with E-state index in [4.69, 9.17) is 5.73 Å². The molecule has 0 aliphatic rings. The maximum absolute atomic E-state index is 12.4. The lowest BCUT2D eigenvalue weighted by Crippen LogP contribution is -2.13. The van der Waals surface area contributed by atoms with Crippen molar-refractivity contribution >= 4 is 17.6 Å². The fraction of sp³-hybridized carbons (Fsp3) is 0.600. The van der Waals surface area contributed by atoms with Crippen molar-refractivity contribution in [2.75, 3.05) is 11.5 Å². The number of thioether (sulfide) groups is 1. The molecule has 0 saturated carbocycles. The highest BCUT2D eigenvalue weighted by molar-refractivity contribution is 7.99. The molecule has 0 aliphatic carbocycles. The Morgan fingerprint density at radius 3 is 2.59 bits per heavy atom. The topological polar surface area (TPSA) is 51.8 Å². The van der Waals surface area contributed by atoms with E-state index in [2.05, 4.69) is 9.97 Å². The van der Waals surface area contributed by atoms with Crippen molar-refractivity contribution in [2.45, 2.75) is 31.5 Å². The molecule has 1 heterocycles. The Bertz CT molecular complexity index is 382. The van der Waals surface area contributed by atoms with E-state index >= 15 is 0 Å². The molecule has 0 bridgehead atoms.